The second-order valence-electron chi connectivity index (χ2n) is 4.80. The minimum Gasteiger partial charge on any atom is -0.433 e. The highest BCUT2D eigenvalue weighted by Gasteiger charge is 2.35. The van der Waals surface area contributed by atoms with Gasteiger partial charge in [0.15, 0.2) is 0 Å². The molecule has 0 saturated carbocycles. The topological polar surface area (TPSA) is 49.8 Å². The molecule has 4 heteroatoms. The van der Waals surface area contributed by atoms with Gasteiger partial charge in [-0.2, -0.15) is 0 Å². The van der Waals surface area contributed by atoms with Crippen molar-refractivity contribution in [3.8, 4) is 0 Å². The molecular weight excluding hydrogens is 230 g/mol. The zero-order valence-corrected chi connectivity index (χ0v) is 10.6. The molecule has 0 radical (unpaired) electrons. The molecule has 1 aromatic rings. The summed E-state index contributed by atoms with van der Waals surface area (Å²) in [5, 5.41) is 10.1. The van der Waals surface area contributed by atoms with Crippen LogP contribution in [0.25, 0.3) is 0 Å². The van der Waals surface area contributed by atoms with Crippen LogP contribution in [0, 0.1) is 0 Å². The molecule has 2 rings (SSSR count). The minimum absolute atomic E-state index is 0.422. The zero-order chi connectivity index (χ0) is 13.0. The van der Waals surface area contributed by atoms with Crippen LogP contribution in [0.5, 0.6) is 0 Å². The number of carbonyl (C=O) groups is 1. The van der Waals surface area contributed by atoms with Gasteiger partial charge in [0.25, 0.3) is 0 Å². The van der Waals surface area contributed by atoms with Gasteiger partial charge in [0.1, 0.15) is 0 Å². The number of piperidine rings is 1. The van der Waals surface area contributed by atoms with Crippen LogP contribution >= 0.6 is 0 Å². The molecule has 1 N–H and O–H groups in total. The van der Waals surface area contributed by atoms with E-state index in [1.165, 1.54) is 12.5 Å². The first-order chi connectivity index (χ1) is 8.57. The third-order valence-electron chi connectivity index (χ3n) is 3.22. The van der Waals surface area contributed by atoms with E-state index in [1.807, 2.05) is 18.2 Å². The molecule has 1 heterocycles. The summed E-state index contributed by atoms with van der Waals surface area (Å²) >= 11 is 0. The molecule has 4 nitrogen and oxygen atoms in total. The molecule has 1 aromatic carbocycles. The summed E-state index contributed by atoms with van der Waals surface area (Å²) < 4.78 is 4.97. The maximum atomic E-state index is 10.9. The molecule has 18 heavy (non-hydrogen) atoms. The third kappa shape index (κ3) is 3.55. The van der Waals surface area contributed by atoms with E-state index in [-0.39, 0.29) is 0 Å². The van der Waals surface area contributed by atoms with E-state index in [0.717, 1.165) is 19.6 Å². The molecule has 0 atom stereocenters. The minimum atomic E-state index is -1.26. The van der Waals surface area contributed by atoms with Crippen molar-refractivity contribution >= 4 is 5.97 Å². The van der Waals surface area contributed by atoms with Crippen molar-refractivity contribution in [3.05, 3.63) is 35.9 Å². The zero-order valence-electron chi connectivity index (χ0n) is 10.6. The van der Waals surface area contributed by atoms with E-state index < -0.39 is 11.8 Å². The predicted octanol–water partition coefficient (Wildman–Crippen LogP) is 1.53. The van der Waals surface area contributed by atoms with Crippen molar-refractivity contribution in [2.45, 2.75) is 32.1 Å². The molecule has 0 amide bonds. The molecule has 0 bridgehead atoms. The average Bonchev–Trinajstić information content (AvgIpc) is 2.33. The number of nitrogens with zero attached hydrogens (tertiary/aromatic N) is 1. The van der Waals surface area contributed by atoms with Gasteiger partial charge in [0.2, 0.25) is 5.79 Å². The molecule has 1 saturated heterocycles. The molecule has 0 aromatic heterocycles. The summed E-state index contributed by atoms with van der Waals surface area (Å²) in [6, 6.07) is 10.2. The Morgan fingerprint density at radius 2 is 1.94 bits per heavy atom. The third-order valence-corrected chi connectivity index (χ3v) is 3.22. The Kier molecular flexibility index (Phi) is 3.99. The number of hydrogen-bond acceptors (Lipinski definition) is 4. The second-order valence-corrected chi connectivity index (χ2v) is 4.80. The first-order valence-electron chi connectivity index (χ1n) is 6.26. The lowest BCUT2D eigenvalue weighted by atomic mass is 10.0. The first-order valence-corrected chi connectivity index (χ1v) is 6.26. The SMILES string of the molecule is CC(=O)OC1(O)CCN(Cc2ccccc2)CC1. The van der Waals surface area contributed by atoms with Crippen molar-refractivity contribution in [1.82, 2.24) is 4.90 Å². The van der Waals surface area contributed by atoms with Crippen LogP contribution in [0.2, 0.25) is 0 Å². The lowest BCUT2D eigenvalue weighted by Gasteiger charge is -2.37. The van der Waals surface area contributed by atoms with Crippen LogP contribution in [0.15, 0.2) is 30.3 Å². The highest BCUT2D eigenvalue weighted by atomic mass is 16.7. The average molecular weight is 249 g/mol. The molecule has 0 spiro atoms. The van der Waals surface area contributed by atoms with Gasteiger partial charge in [0.05, 0.1) is 0 Å². The number of hydrogen-bond donors (Lipinski definition) is 1. The largest absolute Gasteiger partial charge is 0.433 e. The lowest BCUT2D eigenvalue weighted by molar-refractivity contribution is -0.222. The van der Waals surface area contributed by atoms with Gasteiger partial charge in [0, 0.05) is 39.4 Å². The molecule has 0 unspecified atom stereocenters. The Labute approximate surface area is 107 Å². The van der Waals surface area contributed by atoms with Gasteiger partial charge >= 0.3 is 5.97 Å². The van der Waals surface area contributed by atoms with Gasteiger partial charge in [-0.3, -0.25) is 9.69 Å². The van der Waals surface area contributed by atoms with Crippen LogP contribution < -0.4 is 0 Å². The number of aliphatic hydroxyl groups is 1. The summed E-state index contributed by atoms with van der Waals surface area (Å²) in [7, 11) is 0. The van der Waals surface area contributed by atoms with E-state index in [4.69, 9.17) is 4.74 Å². The number of carbonyl (C=O) groups excluding carboxylic acids is 1. The van der Waals surface area contributed by atoms with Gasteiger partial charge in [-0.25, -0.2) is 0 Å². The van der Waals surface area contributed by atoms with Crippen LogP contribution in [0.1, 0.15) is 25.3 Å². The lowest BCUT2D eigenvalue weighted by Crippen LogP contribution is -2.46. The highest BCUT2D eigenvalue weighted by Crippen LogP contribution is 2.24. The maximum absolute atomic E-state index is 10.9. The quantitative estimate of drug-likeness (QED) is 0.652. The van der Waals surface area contributed by atoms with Crippen molar-refractivity contribution in [2.24, 2.45) is 0 Å². The van der Waals surface area contributed by atoms with Crippen LogP contribution in [0.4, 0.5) is 0 Å². The Morgan fingerprint density at radius 1 is 1.33 bits per heavy atom. The number of rotatable bonds is 3. The van der Waals surface area contributed by atoms with E-state index in [0.29, 0.717) is 12.8 Å². The summed E-state index contributed by atoms with van der Waals surface area (Å²) in [5.41, 5.74) is 1.26. The smallest absolute Gasteiger partial charge is 0.305 e. The van der Waals surface area contributed by atoms with E-state index in [9.17, 15) is 9.90 Å². The van der Waals surface area contributed by atoms with Gasteiger partial charge in [-0.05, 0) is 5.56 Å². The second kappa shape index (κ2) is 5.50. The molecular formula is C14H19NO3. The summed E-state index contributed by atoms with van der Waals surface area (Å²) in [4.78, 5) is 13.2. The predicted molar refractivity (Wildman–Crippen MR) is 67.7 cm³/mol. The number of benzene rings is 1. The van der Waals surface area contributed by atoms with Gasteiger partial charge in [-0.1, -0.05) is 30.3 Å². The number of ether oxygens (including phenoxy) is 1. The molecule has 98 valence electrons. The van der Waals surface area contributed by atoms with Gasteiger partial charge < -0.3 is 9.84 Å². The van der Waals surface area contributed by atoms with Gasteiger partial charge in [-0.15, -0.1) is 0 Å². The Balaban J connectivity index is 1.85. The van der Waals surface area contributed by atoms with Crippen LogP contribution in [0.3, 0.4) is 0 Å². The van der Waals surface area contributed by atoms with Crippen LogP contribution in [-0.4, -0.2) is 34.9 Å². The molecule has 0 aliphatic carbocycles. The number of likely N-dealkylation sites (tertiary alicyclic amines) is 1. The summed E-state index contributed by atoms with van der Waals surface area (Å²) in [6.07, 6.45) is 0.943. The fraction of sp³-hybridized carbons (Fsp3) is 0.500. The Hall–Kier alpha value is -1.39. The van der Waals surface area contributed by atoms with Crippen molar-refractivity contribution in [1.29, 1.82) is 0 Å². The molecule has 1 fully saturated rings. The van der Waals surface area contributed by atoms with E-state index in [2.05, 4.69) is 17.0 Å². The molecule has 1 aliphatic heterocycles. The van der Waals surface area contributed by atoms with Crippen LogP contribution in [-0.2, 0) is 16.1 Å². The first kappa shape index (κ1) is 13.1. The monoisotopic (exact) mass is 249 g/mol. The van der Waals surface area contributed by atoms with E-state index >= 15 is 0 Å². The molecule has 1 aliphatic rings. The van der Waals surface area contributed by atoms with Crippen molar-refractivity contribution < 1.29 is 14.6 Å². The van der Waals surface area contributed by atoms with E-state index in [1.54, 1.807) is 0 Å². The maximum Gasteiger partial charge on any atom is 0.305 e. The standard InChI is InChI=1S/C14H19NO3/c1-12(16)18-14(17)7-9-15(10-8-14)11-13-5-3-2-4-6-13/h2-6,17H,7-11H2,1H3. The summed E-state index contributed by atoms with van der Waals surface area (Å²) in [6.45, 7) is 3.67. The fourth-order valence-electron chi connectivity index (χ4n) is 2.27. The number of esters is 1. The highest BCUT2D eigenvalue weighted by molar-refractivity contribution is 5.66. The Bertz CT molecular complexity index is 397. The Morgan fingerprint density at radius 3 is 2.50 bits per heavy atom. The van der Waals surface area contributed by atoms with Crippen molar-refractivity contribution in [3.63, 3.8) is 0 Å². The normalized spacial score (nSPS) is 19.4. The fourth-order valence-corrected chi connectivity index (χ4v) is 2.27. The van der Waals surface area contributed by atoms with Crippen molar-refractivity contribution in [2.75, 3.05) is 13.1 Å². The summed E-state index contributed by atoms with van der Waals surface area (Å²) in [5.74, 6) is -1.69.